The van der Waals surface area contributed by atoms with Crippen molar-refractivity contribution in [2.75, 3.05) is 13.2 Å². The van der Waals surface area contributed by atoms with Gasteiger partial charge in [-0.1, -0.05) is 18.2 Å². The molecular weight excluding hydrogens is 410 g/mol. The first-order valence-corrected chi connectivity index (χ1v) is 9.80. The molecule has 0 atom stereocenters. The Labute approximate surface area is 165 Å². The van der Waals surface area contributed by atoms with Crippen LogP contribution in [-0.2, 0) is 26.0 Å². The number of nitrogens with one attached hydrogen (secondary N) is 1. The maximum absolute atomic E-state index is 12.2. The SMILES string of the molecule is NS(=O)(=O)c1ccc(CCNC(=O)COC(=O)c2cccc(OC(F)F)c2)cc1. The van der Waals surface area contributed by atoms with E-state index in [4.69, 9.17) is 9.88 Å². The van der Waals surface area contributed by atoms with Crippen molar-refractivity contribution in [2.45, 2.75) is 17.9 Å². The van der Waals surface area contributed by atoms with Crippen LogP contribution in [0, 0.1) is 0 Å². The largest absolute Gasteiger partial charge is 0.452 e. The molecule has 1 amide bonds. The standard InChI is InChI=1S/C18H18F2N2O6S/c19-18(20)28-14-3-1-2-13(10-14)17(24)27-11-16(23)22-9-8-12-4-6-15(7-5-12)29(21,25)26/h1-7,10,18H,8-9,11H2,(H,22,23)(H2,21,25,26). The summed E-state index contributed by atoms with van der Waals surface area (Å²) in [4.78, 5) is 23.6. The number of hydrogen-bond donors (Lipinski definition) is 2. The predicted octanol–water partition coefficient (Wildman–Crippen LogP) is 1.45. The van der Waals surface area contributed by atoms with Crippen molar-refractivity contribution in [3.8, 4) is 5.75 Å². The van der Waals surface area contributed by atoms with Crippen molar-refractivity contribution in [1.29, 1.82) is 0 Å². The molecule has 0 heterocycles. The van der Waals surface area contributed by atoms with E-state index in [9.17, 15) is 26.8 Å². The summed E-state index contributed by atoms with van der Waals surface area (Å²) in [7, 11) is -3.76. The molecule has 2 rings (SSSR count). The molecule has 0 saturated heterocycles. The smallest absolute Gasteiger partial charge is 0.387 e. The number of sulfonamides is 1. The van der Waals surface area contributed by atoms with Crippen LogP contribution in [0.4, 0.5) is 8.78 Å². The molecule has 156 valence electrons. The van der Waals surface area contributed by atoms with Crippen molar-refractivity contribution in [1.82, 2.24) is 5.32 Å². The van der Waals surface area contributed by atoms with E-state index in [0.29, 0.717) is 6.42 Å². The van der Waals surface area contributed by atoms with Gasteiger partial charge in [0, 0.05) is 6.54 Å². The van der Waals surface area contributed by atoms with Crippen LogP contribution in [0.2, 0.25) is 0 Å². The van der Waals surface area contributed by atoms with Gasteiger partial charge in [0.1, 0.15) is 5.75 Å². The van der Waals surface area contributed by atoms with Crippen LogP contribution in [-0.4, -0.2) is 40.1 Å². The number of rotatable bonds is 9. The fraction of sp³-hybridized carbons (Fsp3) is 0.222. The second-order valence-corrected chi connectivity index (χ2v) is 7.33. The molecule has 29 heavy (non-hydrogen) atoms. The number of benzene rings is 2. The quantitative estimate of drug-likeness (QED) is 0.583. The lowest BCUT2D eigenvalue weighted by atomic mass is 10.1. The summed E-state index contributed by atoms with van der Waals surface area (Å²) in [5.74, 6) is -1.62. The minimum absolute atomic E-state index is 0.0137. The zero-order valence-electron chi connectivity index (χ0n) is 15.0. The summed E-state index contributed by atoms with van der Waals surface area (Å²) in [6.07, 6.45) is 0.414. The molecular formula is C18H18F2N2O6S. The first-order chi connectivity index (χ1) is 13.6. The lowest BCUT2D eigenvalue weighted by molar-refractivity contribution is -0.124. The van der Waals surface area contributed by atoms with Crippen molar-refractivity contribution < 1.29 is 36.3 Å². The molecule has 0 spiro atoms. The van der Waals surface area contributed by atoms with Gasteiger partial charge in [0.15, 0.2) is 6.61 Å². The Kier molecular flexibility index (Phi) is 7.62. The molecule has 0 unspecified atom stereocenters. The molecule has 3 N–H and O–H groups in total. The average molecular weight is 428 g/mol. The summed E-state index contributed by atoms with van der Waals surface area (Å²) >= 11 is 0. The number of esters is 1. The third-order valence-electron chi connectivity index (χ3n) is 3.62. The van der Waals surface area contributed by atoms with E-state index in [1.165, 1.54) is 30.3 Å². The maximum Gasteiger partial charge on any atom is 0.387 e. The van der Waals surface area contributed by atoms with Crippen LogP contribution in [0.1, 0.15) is 15.9 Å². The van der Waals surface area contributed by atoms with Gasteiger partial charge in [-0.3, -0.25) is 4.79 Å². The van der Waals surface area contributed by atoms with Gasteiger partial charge in [-0.15, -0.1) is 0 Å². The molecule has 0 fully saturated rings. The molecule has 8 nitrogen and oxygen atoms in total. The summed E-state index contributed by atoms with van der Waals surface area (Å²) in [5.41, 5.74) is 0.733. The predicted molar refractivity (Wildman–Crippen MR) is 97.9 cm³/mol. The lowest BCUT2D eigenvalue weighted by Crippen LogP contribution is -2.30. The lowest BCUT2D eigenvalue weighted by Gasteiger charge is -2.08. The number of alkyl halides is 2. The van der Waals surface area contributed by atoms with E-state index < -0.39 is 35.1 Å². The van der Waals surface area contributed by atoms with Crippen molar-refractivity contribution >= 4 is 21.9 Å². The highest BCUT2D eigenvalue weighted by molar-refractivity contribution is 7.89. The van der Waals surface area contributed by atoms with Crippen LogP contribution in [0.3, 0.4) is 0 Å². The number of ether oxygens (including phenoxy) is 2. The van der Waals surface area contributed by atoms with Gasteiger partial charge in [-0.25, -0.2) is 18.4 Å². The zero-order valence-corrected chi connectivity index (χ0v) is 15.8. The molecule has 0 saturated carbocycles. The molecule has 0 aliphatic heterocycles. The van der Waals surface area contributed by atoms with E-state index in [1.807, 2.05) is 0 Å². The Morgan fingerprint density at radius 2 is 1.79 bits per heavy atom. The molecule has 2 aromatic rings. The number of primary sulfonamides is 1. The van der Waals surface area contributed by atoms with E-state index in [2.05, 4.69) is 10.1 Å². The van der Waals surface area contributed by atoms with Gasteiger partial charge in [-0.2, -0.15) is 8.78 Å². The zero-order chi connectivity index (χ0) is 21.4. The second kappa shape index (κ2) is 9.94. The molecule has 2 aromatic carbocycles. The van der Waals surface area contributed by atoms with Gasteiger partial charge in [-0.05, 0) is 42.3 Å². The number of carbonyl (C=O) groups is 2. The Balaban J connectivity index is 1.76. The van der Waals surface area contributed by atoms with Gasteiger partial charge in [0.05, 0.1) is 10.5 Å². The molecule has 11 heteroatoms. The summed E-state index contributed by atoms with van der Waals surface area (Å²) in [5, 5.41) is 7.55. The first kappa shape index (κ1) is 22.2. The number of hydrogen-bond acceptors (Lipinski definition) is 6. The minimum Gasteiger partial charge on any atom is -0.452 e. The summed E-state index contributed by atoms with van der Waals surface area (Å²) < 4.78 is 55.8. The number of nitrogens with two attached hydrogens (primary N) is 1. The normalized spacial score (nSPS) is 11.2. The second-order valence-electron chi connectivity index (χ2n) is 5.77. The molecule has 0 aliphatic carbocycles. The van der Waals surface area contributed by atoms with Crippen LogP contribution in [0.15, 0.2) is 53.4 Å². The maximum atomic E-state index is 12.2. The molecule has 0 radical (unpaired) electrons. The third-order valence-corrected chi connectivity index (χ3v) is 4.55. The first-order valence-electron chi connectivity index (χ1n) is 8.25. The highest BCUT2D eigenvalue weighted by atomic mass is 32.2. The van der Waals surface area contributed by atoms with Crippen molar-refractivity contribution in [3.63, 3.8) is 0 Å². The topological polar surface area (TPSA) is 125 Å². The number of halogens is 2. The Bertz CT molecular complexity index is 965. The Hall–Kier alpha value is -3.05. The van der Waals surface area contributed by atoms with Gasteiger partial charge in [0.2, 0.25) is 10.0 Å². The third kappa shape index (κ3) is 7.47. The Morgan fingerprint density at radius 1 is 1.10 bits per heavy atom. The fourth-order valence-electron chi connectivity index (χ4n) is 2.26. The highest BCUT2D eigenvalue weighted by Gasteiger charge is 2.13. The molecule has 0 aromatic heterocycles. The van der Waals surface area contributed by atoms with Gasteiger partial charge in [0.25, 0.3) is 5.91 Å². The fourth-order valence-corrected chi connectivity index (χ4v) is 2.77. The monoisotopic (exact) mass is 428 g/mol. The Morgan fingerprint density at radius 3 is 2.41 bits per heavy atom. The van der Waals surface area contributed by atoms with Gasteiger partial charge < -0.3 is 14.8 Å². The highest BCUT2D eigenvalue weighted by Crippen LogP contribution is 2.16. The van der Waals surface area contributed by atoms with E-state index >= 15 is 0 Å². The molecule has 0 aliphatic rings. The van der Waals surface area contributed by atoms with Crippen LogP contribution < -0.4 is 15.2 Å². The summed E-state index contributed by atoms with van der Waals surface area (Å²) in [6.45, 7) is -3.35. The van der Waals surface area contributed by atoms with E-state index in [0.717, 1.165) is 11.6 Å². The average Bonchev–Trinajstić information content (AvgIpc) is 2.65. The van der Waals surface area contributed by atoms with Crippen molar-refractivity contribution in [2.24, 2.45) is 5.14 Å². The van der Waals surface area contributed by atoms with E-state index in [-0.39, 0.29) is 22.8 Å². The van der Waals surface area contributed by atoms with Crippen LogP contribution >= 0.6 is 0 Å². The number of carbonyl (C=O) groups excluding carboxylic acids is 2. The van der Waals surface area contributed by atoms with Gasteiger partial charge >= 0.3 is 12.6 Å². The molecule has 0 bridgehead atoms. The van der Waals surface area contributed by atoms with E-state index in [1.54, 1.807) is 12.1 Å². The number of amides is 1. The summed E-state index contributed by atoms with van der Waals surface area (Å²) in [6, 6.07) is 10.9. The van der Waals surface area contributed by atoms with Crippen molar-refractivity contribution in [3.05, 3.63) is 59.7 Å². The van der Waals surface area contributed by atoms with Crippen LogP contribution in [0.25, 0.3) is 0 Å². The van der Waals surface area contributed by atoms with Crippen LogP contribution in [0.5, 0.6) is 5.75 Å². The minimum atomic E-state index is -3.76.